The molecule has 29 heavy (non-hydrogen) atoms. The molecule has 8 nitrogen and oxygen atoms in total. The van der Waals surface area contributed by atoms with Crippen molar-refractivity contribution in [2.75, 3.05) is 13.1 Å². The number of carboxylic acid groups (broad SMARTS) is 2. The maximum Gasteiger partial charge on any atom is 0.328 e. The van der Waals surface area contributed by atoms with E-state index < -0.39 is 11.9 Å². The van der Waals surface area contributed by atoms with Crippen molar-refractivity contribution in [1.82, 2.24) is 4.90 Å². The van der Waals surface area contributed by atoms with Crippen LogP contribution in [0.15, 0.2) is 35.7 Å². The lowest BCUT2D eigenvalue weighted by molar-refractivity contribution is -0.384. The molecule has 0 bridgehead atoms. The average molecular weight is 420 g/mol. The number of non-ortho nitro benzene ring substituents is 1. The van der Waals surface area contributed by atoms with Gasteiger partial charge in [0.15, 0.2) is 0 Å². The van der Waals surface area contributed by atoms with E-state index in [4.69, 9.17) is 10.2 Å². The van der Waals surface area contributed by atoms with Gasteiger partial charge in [-0.25, -0.2) is 9.59 Å². The summed E-state index contributed by atoms with van der Waals surface area (Å²) in [7, 11) is 0. The molecule has 0 unspecified atom stereocenters. The van der Waals surface area contributed by atoms with E-state index in [0.717, 1.165) is 36.0 Å². The Labute approximate surface area is 172 Å². The van der Waals surface area contributed by atoms with Crippen LogP contribution >= 0.6 is 11.3 Å². The Kier molecular flexibility index (Phi) is 7.86. The van der Waals surface area contributed by atoms with Crippen LogP contribution in [0.1, 0.15) is 38.2 Å². The van der Waals surface area contributed by atoms with E-state index in [1.807, 2.05) is 6.07 Å². The molecule has 0 spiro atoms. The lowest BCUT2D eigenvalue weighted by Gasteiger charge is -2.34. The summed E-state index contributed by atoms with van der Waals surface area (Å²) >= 11 is 1.70. The summed E-state index contributed by atoms with van der Waals surface area (Å²) in [4.78, 5) is 32.3. The molecule has 1 aliphatic heterocycles. The molecule has 0 radical (unpaired) electrons. The lowest BCUT2D eigenvalue weighted by atomic mass is 9.88. The van der Waals surface area contributed by atoms with Gasteiger partial charge in [-0.15, -0.1) is 11.3 Å². The minimum absolute atomic E-state index is 0.196. The van der Waals surface area contributed by atoms with E-state index in [-0.39, 0.29) is 10.6 Å². The second-order valence-electron chi connectivity index (χ2n) is 7.04. The molecule has 1 fully saturated rings. The number of aliphatic carboxylic acids is 2. The van der Waals surface area contributed by atoms with E-state index in [9.17, 15) is 19.7 Å². The van der Waals surface area contributed by atoms with Gasteiger partial charge in [0.1, 0.15) is 0 Å². The van der Waals surface area contributed by atoms with Gasteiger partial charge in [-0.3, -0.25) is 10.1 Å². The molecule has 1 aliphatic rings. The zero-order chi connectivity index (χ0) is 21.6. The highest BCUT2D eigenvalue weighted by molar-refractivity contribution is 7.17. The van der Waals surface area contributed by atoms with Gasteiger partial charge in [0.2, 0.25) is 0 Å². The number of thiophene rings is 1. The second-order valence-corrected chi connectivity index (χ2v) is 7.95. The van der Waals surface area contributed by atoms with Crippen LogP contribution < -0.4 is 0 Å². The summed E-state index contributed by atoms with van der Waals surface area (Å²) in [5, 5.41) is 29.9. The first-order valence-electron chi connectivity index (χ1n) is 9.22. The van der Waals surface area contributed by atoms with Gasteiger partial charge < -0.3 is 15.1 Å². The van der Waals surface area contributed by atoms with Crippen molar-refractivity contribution < 1.29 is 24.7 Å². The largest absolute Gasteiger partial charge is 0.478 e. The monoisotopic (exact) mass is 420 g/mol. The molecular formula is C20H24N2O6S. The van der Waals surface area contributed by atoms with Crippen molar-refractivity contribution in [3.8, 4) is 0 Å². The topological polar surface area (TPSA) is 121 Å². The fraction of sp³-hybridized carbons (Fsp3) is 0.400. The predicted molar refractivity (Wildman–Crippen MR) is 112 cm³/mol. The molecule has 3 rings (SSSR count). The molecule has 2 aromatic rings. The summed E-state index contributed by atoms with van der Waals surface area (Å²) in [6, 6.07) is 5.83. The van der Waals surface area contributed by atoms with Crippen LogP contribution in [0.4, 0.5) is 5.69 Å². The number of piperidine rings is 1. The summed E-state index contributed by atoms with van der Waals surface area (Å²) in [6.45, 7) is 6.72. The SMILES string of the molecule is CC(C)N1CCC(c2csc3ccc([N+](=O)[O-])cc23)CC1.O=C(O)C=CC(=O)O. The zero-order valence-corrected chi connectivity index (χ0v) is 17.1. The number of hydrogen-bond donors (Lipinski definition) is 2. The van der Waals surface area contributed by atoms with E-state index in [1.165, 1.54) is 5.56 Å². The highest BCUT2D eigenvalue weighted by Gasteiger charge is 2.24. The molecule has 156 valence electrons. The van der Waals surface area contributed by atoms with Crippen LogP contribution in [-0.2, 0) is 9.59 Å². The zero-order valence-electron chi connectivity index (χ0n) is 16.3. The Hall–Kier alpha value is -2.78. The first-order chi connectivity index (χ1) is 13.7. The van der Waals surface area contributed by atoms with Gasteiger partial charge in [-0.05, 0) is 62.7 Å². The quantitative estimate of drug-likeness (QED) is 0.424. The number of fused-ring (bicyclic) bond motifs is 1. The highest BCUT2D eigenvalue weighted by atomic mass is 32.1. The van der Waals surface area contributed by atoms with Gasteiger partial charge in [0.25, 0.3) is 5.69 Å². The summed E-state index contributed by atoms with van der Waals surface area (Å²) in [5.74, 6) is -1.98. The Bertz CT molecular complexity index is 897. The molecule has 1 aromatic heterocycles. The molecule has 9 heteroatoms. The standard InChI is InChI=1S/C16H20N2O2S.C4H4O4/c1-11(2)17-7-5-12(6-8-17)15-10-21-16-4-3-13(18(19)20)9-14(15)16;5-3(6)1-2-4(7)8/h3-4,9-12H,5-8H2,1-2H3;1-2H,(H,5,6)(H,7,8). The van der Waals surface area contributed by atoms with Crippen molar-refractivity contribution in [1.29, 1.82) is 0 Å². The van der Waals surface area contributed by atoms with Crippen molar-refractivity contribution in [3.63, 3.8) is 0 Å². The third-order valence-electron chi connectivity index (χ3n) is 4.87. The summed E-state index contributed by atoms with van der Waals surface area (Å²) in [5.41, 5.74) is 1.50. The van der Waals surface area contributed by atoms with Crippen LogP contribution in [0.3, 0.4) is 0 Å². The number of nitro groups is 1. The highest BCUT2D eigenvalue weighted by Crippen LogP contribution is 2.38. The van der Waals surface area contributed by atoms with Crippen LogP contribution in [0, 0.1) is 10.1 Å². The number of likely N-dealkylation sites (tertiary alicyclic amines) is 1. The smallest absolute Gasteiger partial charge is 0.328 e. The maximum atomic E-state index is 11.0. The van der Waals surface area contributed by atoms with E-state index >= 15 is 0 Å². The number of hydrogen-bond acceptors (Lipinski definition) is 6. The van der Waals surface area contributed by atoms with Crippen molar-refractivity contribution in [3.05, 3.63) is 51.4 Å². The number of benzene rings is 1. The molecule has 2 N–H and O–H groups in total. The Morgan fingerprint density at radius 2 is 1.79 bits per heavy atom. The number of nitro benzene ring substituents is 1. The summed E-state index contributed by atoms with van der Waals surface area (Å²) in [6.07, 6.45) is 3.41. The molecule has 2 heterocycles. The van der Waals surface area contributed by atoms with Crippen molar-refractivity contribution in [2.45, 2.75) is 38.6 Å². The molecule has 0 amide bonds. The van der Waals surface area contributed by atoms with Gasteiger partial charge in [0.05, 0.1) is 4.92 Å². The molecule has 0 aliphatic carbocycles. The number of rotatable bonds is 5. The maximum absolute atomic E-state index is 11.0. The molecule has 0 atom stereocenters. The van der Waals surface area contributed by atoms with E-state index in [0.29, 0.717) is 24.1 Å². The second kappa shape index (κ2) is 10.1. The molecule has 1 saturated heterocycles. The number of carbonyl (C=O) groups is 2. The van der Waals surface area contributed by atoms with E-state index in [1.54, 1.807) is 23.5 Å². The first-order valence-corrected chi connectivity index (χ1v) is 10.1. The van der Waals surface area contributed by atoms with E-state index in [2.05, 4.69) is 24.1 Å². The fourth-order valence-corrected chi connectivity index (χ4v) is 4.36. The van der Waals surface area contributed by atoms with Gasteiger partial charge >= 0.3 is 11.9 Å². The van der Waals surface area contributed by atoms with Crippen LogP contribution in [0.2, 0.25) is 0 Å². The van der Waals surface area contributed by atoms with Crippen LogP contribution in [-0.4, -0.2) is 51.1 Å². The average Bonchev–Trinajstić information content (AvgIpc) is 3.10. The van der Waals surface area contributed by atoms with Crippen LogP contribution in [0.25, 0.3) is 10.1 Å². The van der Waals surface area contributed by atoms with Gasteiger partial charge in [-0.2, -0.15) is 0 Å². The minimum Gasteiger partial charge on any atom is -0.478 e. The third-order valence-corrected chi connectivity index (χ3v) is 5.85. The van der Waals surface area contributed by atoms with Crippen LogP contribution in [0.5, 0.6) is 0 Å². The Morgan fingerprint density at radius 3 is 2.28 bits per heavy atom. The van der Waals surface area contributed by atoms with Gasteiger partial charge in [0, 0.05) is 40.4 Å². The molecule has 0 saturated carbocycles. The van der Waals surface area contributed by atoms with Gasteiger partial charge in [-0.1, -0.05) is 0 Å². The normalized spacial score (nSPS) is 15.4. The Balaban J connectivity index is 0.000000321. The molecular weight excluding hydrogens is 396 g/mol. The minimum atomic E-state index is -1.26. The third kappa shape index (κ3) is 6.37. The predicted octanol–water partition coefficient (Wildman–Crippen LogP) is 4.11. The fourth-order valence-electron chi connectivity index (χ4n) is 3.34. The van der Waals surface area contributed by atoms with Crippen molar-refractivity contribution >= 4 is 39.0 Å². The first kappa shape index (κ1) is 22.5. The summed E-state index contributed by atoms with van der Waals surface area (Å²) < 4.78 is 1.15. The lowest BCUT2D eigenvalue weighted by Crippen LogP contribution is -2.37. The number of carboxylic acids is 2. The Morgan fingerprint density at radius 1 is 1.21 bits per heavy atom. The molecule has 1 aromatic carbocycles. The van der Waals surface area contributed by atoms with Crippen molar-refractivity contribution in [2.24, 2.45) is 0 Å². The number of nitrogens with zero attached hydrogens (tertiary/aromatic N) is 2.